The molecule has 0 heterocycles. The van der Waals surface area contributed by atoms with E-state index in [0.717, 1.165) is 0 Å². The second-order valence-corrected chi connectivity index (χ2v) is 2.48. The van der Waals surface area contributed by atoms with Gasteiger partial charge in [0.1, 0.15) is 17.3 Å². The second kappa shape index (κ2) is 3.83. The van der Waals surface area contributed by atoms with Crippen molar-refractivity contribution in [3.8, 4) is 5.75 Å². The van der Waals surface area contributed by atoms with Gasteiger partial charge in [0.25, 0.3) is 0 Å². The molecule has 1 rings (SSSR count). The summed E-state index contributed by atoms with van der Waals surface area (Å²) >= 11 is 0. The maximum absolute atomic E-state index is 13.0. The van der Waals surface area contributed by atoms with Crippen molar-refractivity contribution in [1.82, 2.24) is 0 Å². The van der Waals surface area contributed by atoms with Gasteiger partial charge < -0.3 is 4.74 Å². The van der Waals surface area contributed by atoms with E-state index in [2.05, 4.69) is 4.99 Å². The summed E-state index contributed by atoms with van der Waals surface area (Å²) in [5.74, 6) is -0.0583. The van der Waals surface area contributed by atoms with E-state index in [1.54, 1.807) is 6.92 Å². The molecule has 68 valence electrons. The number of aryl methyl sites for hydroxylation is 1. The van der Waals surface area contributed by atoms with Gasteiger partial charge in [-0.25, -0.2) is 9.18 Å². The van der Waals surface area contributed by atoms with Crippen LogP contribution in [-0.4, -0.2) is 13.2 Å². The fourth-order valence-corrected chi connectivity index (χ4v) is 0.997. The highest BCUT2D eigenvalue weighted by Crippen LogP contribution is 2.27. The molecule has 1 aromatic carbocycles. The molecule has 3 nitrogen and oxygen atoms in total. The van der Waals surface area contributed by atoms with Gasteiger partial charge in [0, 0.05) is 6.07 Å². The number of carbonyl (C=O) groups excluding carboxylic acids is 1. The molecule has 4 heteroatoms. The molecule has 0 aliphatic carbocycles. The van der Waals surface area contributed by atoms with Crippen LogP contribution in [0.5, 0.6) is 5.75 Å². The molecule has 0 N–H and O–H groups in total. The lowest BCUT2D eigenvalue weighted by molar-refractivity contribution is 0.410. The number of methoxy groups -OCH3 is 1. The molecule has 0 spiro atoms. The number of ether oxygens (including phenoxy) is 1. The van der Waals surface area contributed by atoms with Crippen LogP contribution in [0.15, 0.2) is 17.1 Å². The Labute approximate surface area is 74.9 Å². The van der Waals surface area contributed by atoms with Crippen molar-refractivity contribution in [2.24, 2.45) is 4.99 Å². The molecule has 13 heavy (non-hydrogen) atoms. The molecular weight excluding hydrogens is 173 g/mol. The van der Waals surface area contributed by atoms with Crippen LogP contribution < -0.4 is 4.74 Å². The molecule has 0 atom stereocenters. The number of halogens is 1. The smallest absolute Gasteiger partial charge is 0.240 e. The van der Waals surface area contributed by atoms with Gasteiger partial charge in [0.2, 0.25) is 6.08 Å². The average molecular weight is 181 g/mol. The van der Waals surface area contributed by atoms with Crippen molar-refractivity contribution in [2.75, 3.05) is 7.11 Å². The van der Waals surface area contributed by atoms with Gasteiger partial charge >= 0.3 is 0 Å². The van der Waals surface area contributed by atoms with Gasteiger partial charge in [-0.05, 0) is 18.6 Å². The number of aliphatic imine (C=N–C) groups is 1. The summed E-state index contributed by atoms with van der Waals surface area (Å²) in [5.41, 5.74) is 0.599. The Hall–Kier alpha value is -1.67. The monoisotopic (exact) mass is 181 g/mol. The first-order valence-corrected chi connectivity index (χ1v) is 3.61. The van der Waals surface area contributed by atoms with Crippen LogP contribution in [-0.2, 0) is 4.79 Å². The summed E-state index contributed by atoms with van der Waals surface area (Å²) < 4.78 is 18.0. The van der Waals surface area contributed by atoms with Crippen LogP contribution >= 0.6 is 0 Å². The molecular formula is C9H8FNO2. The highest BCUT2D eigenvalue weighted by atomic mass is 19.1. The van der Waals surface area contributed by atoms with Crippen molar-refractivity contribution >= 4 is 11.8 Å². The van der Waals surface area contributed by atoms with Crippen LogP contribution in [0.25, 0.3) is 0 Å². The highest BCUT2D eigenvalue weighted by molar-refractivity contribution is 5.54. The third-order valence-corrected chi connectivity index (χ3v) is 1.63. The summed E-state index contributed by atoms with van der Waals surface area (Å²) in [6, 6.07) is 2.62. The Balaban J connectivity index is 3.29. The van der Waals surface area contributed by atoms with E-state index >= 15 is 0 Å². The fourth-order valence-electron chi connectivity index (χ4n) is 0.997. The molecule has 0 saturated carbocycles. The van der Waals surface area contributed by atoms with Crippen LogP contribution in [0.4, 0.5) is 10.1 Å². The van der Waals surface area contributed by atoms with Crippen LogP contribution in [0, 0.1) is 12.7 Å². The van der Waals surface area contributed by atoms with Crippen molar-refractivity contribution in [1.29, 1.82) is 0 Å². The van der Waals surface area contributed by atoms with E-state index in [1.165, 1.54) is 25.3 Å². The van der Waals surface area contributed by atoms with Crippen LogP contribution in [0.2, 0.25) is 0 Å². The topological polar surface area (TPSA) is 38.7 Å². The van der Waals surface area contributed by atoms with E-state index in [4.69, 9.17) is 4.74 Å². The van der Waals surface area contributed by atoms with Crippen molar-refractivity contribution in [3.63, 3.8) is 0 Å². The van der Waals surface area contributed by atoms with Crippen molar-refractivity contribution in [3.05, 3.63) is 23.5 Å². The first kappa shape index (κ1) is 9.42. The van der Waals surface area contributed by atoms with Gasteiger partial charge in [0.05, 0.1) is 7.11 Å². The van der Waals surface area contributed by atoms with Crippen molar-refractivity contribution < 1.29 is 13.9 Å². The SMILES string of the molecule is COc1cc(N=C=O)c(F)cc1C. The first-order chi connectivity index (χ1) is 6.19. The largest absolute Gasteiger partial charge is 0.496 e. The Kier molecular flexibility index (Phi) is 2.77. The lowest BCUT2D eigenvalue weighted by atomic mass is 10.2. The normalized spacial score (nSPS) is 9.15. The molecule has 0 saturated heterocycles. The number of isocyanates is 1. The van der Waals surface area contributed by atoms with E-state index < -0.39 is 5.82 Å². The van der Waals surface area contributed by atoms with Gasteiger partial charge in [-0.2, -0.15) is 4.99 Å². The first-order valence-electron chi connectivity index (χ1n) is 3.61. The van der Waals surface area contributed by atoms with E-state index in [0.29, 0.717) is 11.3 Å². The Morgan fingerprint density at radius 2 is 2.23 bits per heavy atom. The standard InChI is InChI=1S/C9H8FNO2/c1-6-3-7(10)8(11-5-12)4-9(6)13-2/h3-4H,1-2H3. The van der Waals surface area contributed by atoms with Crippen LogP contribution in [0.1, 0.15) is 5.56 Å². The third kappa shape index (κ3) is 1.92. The summed E-state index contributed by atoms with van der Waals surface area (Å²) in [4.78, 5) is 13.1. The predicted octanol–water partition coefficient (Wildman–Crippen LogP) is 2.11. The quantitative estimate of drug-likeness (QED) is 0.517. The number of rotatable bonds is 2. The number of nitrogens with zero attached hydrogens (tertiary/aromatic N) is 1. The molecule has 0 unspecified atom stereocenters. The minimum absolute atomic E-state index is 0.0579. The van der Waals surface area contributed by atoms with Gasteiger partial charge in [0.15, 0.2) is 0 Å². The van der Waals surface area contributed by atoms with E-state index in [9.17, 15) is 9.18 Å². The minimum Gasteiger partial charge on any atom is -0.496 e. The molecule has 0 amide bonds. The number of benzene rings is 1. The molecule has 1 aromatic rings. The zero-order valence-corrected chi connectivity index (χ0v) is 7.30. The van der Waals surface area contributed by atoms with Crippen LogP contribution in [0.3, 0.4) is 0 Å². The third-order valence-electron chi connectivity index (χ3n) is 1.63. The molecule has 0 aliphatic rings. The second-order valence-electron chi connectivity index (χ2n) is 2.48. The van der Waals surface area contributed by atoms with Gasteiger partial charge in [-0.3, -0.25) is 0 Å². The summed E-state index contributed by atoms with van der Waals surface area (Å²) in [6.45, 7) is 1.70. The van der Waals surface area contributed by atoms with E-state index in [-0.39, 0.29) is 5.69 Å². The number of hydrogen-bond acceptors (Lipinski definition) is 3. The predicted molar refractivity (Wildman–Crippen MR) is 45.5 cm³/mol. The molecule has 0 aliphatic heterocycles. The fraction of sp³-hybridized carbons (Fsp3) is 0.222. The maximum atomic E-state index is 13.0. The lowest BCUT2D eigenvalue weighted by Gasteiger charge is -2.04. The Morgan fingerprint density at radius 1 is 1.54 bits per heavy atom. The highest BCUT2D eigenvalue weighted by Gasteiger charge is 2.06. The zero-order valence-electron chi connectivity index (χ0n) is 7.30. The minimum atomic E-state index is -0.554. The van der Waals surface area contributed by atoms with E-state index in [1.807, 2.05) is 0 Å². The maximum Gasteiger partial charge on any atom is 0.240 e. The number of hydrogen-bond donors (Lipinski definition) is 0. The summed E-state index contributed by atoms with van der Waals surface area (Å²) in [7, 11) is 1.47. The molecule has 0 fully saturated rings. The molecule has 0 bridgehead atoms. The molecule has 0 radical (unpaired) electrons. The molecule has 0 aromatic heterocycles. The van der Waals surface area contributed by atoms with Crippen molar-refractivity contribution in [2.45, 2.75) is 6.92 Å². The summed E-state index contributed by atoms with van der Waals surface area (Å²) in [6.07, 6.45) is 1.28. The Bertz CT molecular complexity index is 370. The average Bonchev–Trinajstić information content (AvgIpc) is 2.10. The lowest BCUT2D eigenvalue weighted by Crippen LogP contribution is -1.88. The Morgan fingerprint density at radius 3 is 2.77 bits per heavy atom. The zero-order chi connectivity index (χ0) is 9.84. The van der Waals surface area contributed by atoms with Gasteiger partial charge in [-0.15, -0.1) is 0 Å². The summed E-state index contributed by atoms with van der Waals surface area (Å²) in [5, 5.41) is 0. The van der Waals surface area contributed by atoms with Gasteiger partial charge in [-0.1, -0.05) is 0 Å².